The van der Waals surface area contributed by atoms with Gasteiger partial charge in [-0.15, -0.1) is 11.3 Å². The number of carbonyl (C=O) groups excluding carboxylic acids is 1. The molecule has 0 radical (unpaired) electrons. The first-order chi connectivity index (χ1) is 18.1. The molecule has 38 heavy (non-hydrogen) atoms. The van der Waals surface area contributed by atoms with Crippen molar-refractivity contribution in [2.75, 3.05) is 26.7 Å². The first-order valence-electron chi connectivity index (χ1n) is 12.2. The summed E-state index contributed by atoms with van der Waals surface area (Å²) in [5.74, 6) is 0.264. The fourth-order valence-corrected chi connectivity index (χ4v) is 6.95. The highest BCUT2D eigenvalue weighted by Crippen LogP contribution is 2.38. The second-order valence-corrected chi connectivity index (χ2v) is 12.0. The third-order valence-electron chi connectivity index (χ3n) is 6.59. The van der Waals surface area contributed by atoms with Crippen LogP contribution in [0.3, 0.4) is 0 Å². The summed E-state index contributed by atoms with van der Waals surface area (Å²) in [5.41, 5.74) is 0.792. The zero-order valence-electron chi connectivity index (χ0n) is 21.1. The summed E-state index contributed by atoms with van der Waals surface area (Å²) in [6.07, 6.45) is -2.94. The summed E-state index contributed by atoms with van der Waals surface area (Å²) >= 11 is 1.61. The van der Waals surface area contributed by atoms with Crippen LogP contribution in [0.4, 0.5) is 13.2 Å². The SMILES string of the molecule is CCCCN(CC(=O)N1CCc2sccc2C1c1ccc(OC)cc1)S(=O)(=O)c1cccc(C(F)(F)F)c1. The highest BCUT2D eigenvalue weighted by Gasteiger charge is 2.37. The molecule has 0 N–H and O–H groups in total. The van der Waals surface area contributed by atoms with E-state index in [4.69, 9.17) is 4.74 Å². The minimum absolute atomic E-state index is 0.0194. The molecule has 0 fully saturated rings. The van der Waals surface area contributed by atoms with E-state index in [2.05, 4.69) is 0 Å². The Bertz CT molecular complexity index is 1370. The number of ether oxygens (including phenoxy) is 1. The highest BCUT2D eigenvalue weighted by molar-refractivity contribution is 7.89. The summed E-state index contributed by atoms with van der Waals surface area (Å²) in [7, 11) is -2.79. The molecule has 1 aliphatic rings. The van der Waals surface area contributed by atoms with Gasteiger partial charge in [0.2, 0.25) is 15.9 Å². The predicted octanol–water partition coefficient (Wildman–Crippen LogP) is 5.74. The van der Waals surface area contributed by atoms with Gasteiger partial charge < -0.3 is 9.64 Å². The zero-order valence-corrected chi connectivity index (χ0v) is 22.7. The minimum Gasteiger partial charge on any atom is -0.497 e. The quantitative estimate of drug-likeness (QED) is 0.331. The summed E-state index contributed by atoms with van der Waals surface area (Å²) in [6.45, 7) is 1.82. The summed E-state index contributed by atoms with van der Waals surface area (Å²) in [5, 5.41) is 1.97. The van der Waals surface area contributed by atoms with Crippen LogP contribution in [0.2, 0.25) is 0 Å². The van der Waals surface area contributed by atoms with E-state index >= 15 is 0 Å². The van der Waals surface area contributed by atoms with Gasteiger partial charge in [-0.1, -0.05) is 31.5 Å². The molecule has 0 saturated heterocycles. The topological polar surface area (TPSA) is 66.9 Å². The van der Waals surface area contributed by atoms with Gasteiger partial charge in [0, 0.05) is 18.0 Å². The molecule has 3 aromatic rings. The maximum absolute atomic E-state index is 13.7. The molecule has 2 aromatic carbocycles. The monoisotopic (exact) mass is 566 g/mol. The van der Waals surface area contributed by atoms with Crippen LogP contribution in [0.1, 0.15) is 47.4 Å². The van der Waals surface area contributed by atoms with Crippen molar-refractivity contribution in [1.82, 2.24) is 9.21 Å². The number of carbonyl (C=O) groups is 1. The lowest BCUT2D eigenvalue weighted by Crippen LogP contribution is -2.47. The van der Waals surface area contributed by atoms with Crippen LogP contribution in [0.5, 0.6) is 5.75 Å². The van der Waals surface area contributed by atoms with Gasteiger partial charge in [-0.25, -0.2) is 8.42 Å². The van der Waals surface area contributed by atoms with Crippen molar-refractivity contribution in [3.05, 3.63) is 81.5 Å². The number of fused-ring (bicyclic) bond motifs is 1. The van der Waals surface area contributed by atoms with Gasteiger partial charge in [0.05, 0.1) is 30.2 Å². The number of sulfonamides is 1. The maximum atomic E-state index is 13.7. The van der Waals surface area contributed by atoms with Crippen molar-refractivity contribution in [2.24, 2.45) is 0 Å². The minimum atomic E-state index is -4.69. The number of rotatable bonds is 9. The number of alkyl halides is 3. The molecule has 2 heterocycles. The van der Waals surface area contributed by atoms with Crippen LogP contribution in [0.25, 0.3) is 0 Å². The molecule has 0 aliphatic carbocycles. The van der Waals surface area contributed by atoms with Crippen molar-refractivity contribution < 1.29 is 31.1 Å². The Kier molecular flexibility index (Phi) is 8.49. The predicted molar refractivity (Wildman–Crippen MR) is 140 cm³/mol. The van der Waals surface area contributed by atoms with Crippen molar-refractivity contribution in [3.8, 4) is 5.75 Å². The fourth-order valence-electron chi connectivity index (χ4n) is 4.57. The number of amides is 1. The van der Waals surface area contributed by atoms with Crippen LogP contribution in [0, 0.1) is 0 Å². The summed E-state index contributed by atoms with van der Waals surface area (Å²) in [4.78, 5) is 16.1. The lowest BCUT2D eigenvalue weighted by molar-refractivity contribution is -0.137. The molecule has 11 heteroatoms. The standard InChI is InChI=1S/C27H29F3N2O4S2/c1-3-4-14-31(38(34,35)22-7-5-6-20(17-22)27(28,29)30)18-25(33)32-15-12-24-23(13-16-37-24)26(32)19-8-10-21(36-2)11-9-19/h5-11,13,16-17,26H,3-4,12,14-15,18H2,1-2H3. The van der Waals surface area contributed by atoms with E-state index in [0.717, 1.165) is 38.5 Å². The molecular weight excluding hydrogens is 537 g/mol. The van der Waals surface area contributed by atoms with Crippen LogP contribution in [0.15, 0.2) is 64.9 Å². The lowest BCUT2D eigenvalue weighted by atomic mass is 9.93. The Morgan fingerprint density at radius 2 is 1.89 bits per heavy atom. The number of halogens is 3. The normalized spacial score (nSPS) is 15.9. The van der Waals surface area contributed by atoms with Gasteiger partial charge in [-0.05, 0) is 65.7 Å². The number of benzene rings is 2. The van der Waals surface area contributed by atoms with Crippen molar-refractivity contribution >= 4 is 27.3 Å². The molecule has 0 saturated carbocycles. The Morgan fingerprint density at radius 3 is 2.55 bits per heavy atom. The molecule has 1 aromatic heterocycles. The molecule has 204 valence electrons. The Balaban J connectivity index is 1.66. The first-order valence-corrected chi connectivity index (χ1v) is 14.5. The maximum Gasteiger partial charge on any atom is 0.416 e. The molecule has 1 atom stereocenters. The number of nitrogens with zero attached hydrogens (tertiary/aromatic N) is 2. The number of thiophene rings is 1. The van der Waals surface area contributed by atoms with Crippen LogP contribution in [-0.4, -0.2) is 50.3 Å². The van der Waals surface area contributed by atoms with Gasteiger partial charge in [0.1, 0.15) is 5.75 Å². The van der Waals surface area contributed by atoms with Crippen molar-refractivity contribution in [3.63, 3.8) is 0 Å². The number of unbranched alkanes of at least 4 members (excludes halogenated alkanes) is 1. The average Bonchev–Trinajstić information content (AvgIpc) is 3.39. The van der Waals surface area contributed by atoms with Crippen molar-refractivity contribution in [1.29, 1.82) is 0 Å². The molecule has 4 rings (SSSR count). The average molecular weight is 567 g/mol. The van der Waals surface area contributed by atoms with Gasteiger partial charge in [0.25, 0.3) is 0 Å². The van der Waals surface area contributed by atoms with Gasteiger partial charge in [-0.2, -0.15) is 17.5 Å². The molecule has 0 bridgehead atoms. The van der Waals surface area contributed by atoms with E-state index in [1.807, 2.05) is 42.6 Å². The first kappa shape index (κ1) is 28.1. The second kappa shape index (κ2) is 11.5. The van der Waals surface area contributed by atoms with Crippen LogP contribution >= 0.6 is 11.3 Å². The molecule has 0 spiro atoms. The van der Waals surface area contributed by atoms with Gasteiger partial charge >= 0.3 is 6.18 Å². The Morgan fingerprint density at radius 1 is 1.16 bits per heavy atom. The van der Waals surface area contributed by atoms with Gasteiger partial charge in [0.15, 0.2) is 0 Å². The number of methoxy groups -OCH3 is 1. The third-order valence-corrected chi connectivity index (χ3v) is 9.43. The number of hydrogen-bond acceptors (Lipinski definition) is 5. The van der Waals surface area contributed by atoms with E-state index in [0.29, 0.717) is 37.6 Å². The molecular formula is C27H29F3N2O4S2. The largest absolute Gasteiger partial charge is 0.497 e. The molecule has 1 aliphatic heterocycles. The van der Waals surface area contributed by atoms with E-state index in [1.54, 1.807) is 23.3 Å². The summed E-state index contributed by atoms with van der Waals surface area (Å²) < 4.78 is 73.1. The van der Waals surface area contributed by atoms with E-state index in [1.165, 1.54) is 0 Å². The summed E-state index contributed by atoms with van der Waals surface area (Å²) in [6, 6.07) is 12.6. The third kappa shape index (κ3) is 5.89. The van der Waals surface area contributed by atoms with E-state index in [9.17, 15) is 26.4 Å². The number of hydrogen-bond donors (Lipinski definition) is 0. The Labute approximate surface area is 224 Å². The molecule has 6 nitrogen and oxygen atoms in total. The zero-order chi connectivity index (χ0) is 27.5. The molecule has 1 amide bonds. The fraction of sp³-hybridized carbons (Fsp3) is 0.370. The van der Waals surface area contributed by atoms with E-state index in [-0.39, 0.29) is 6.54 Å². The highest BCUT2D eigenvalue weighted by atomic mass is 32.2. The Hall–Kier alpha value is -2.89. The smallest absolute Gasteiger partial charge is 0.416 e. The molecule has 1 unspecified atom stereocenters. The van der Waals surface area contributed by atoms with Crippen LogP contribution < -0.4 is 4.74 Å². The lowest BCUT2D eigenvalue weighted by Gasteiger charge is -2.37. The van der Waals surface area contributed by atoms with E-state index < -0.39 is 45.2 Å². The van der Waals surface area contributed by atoms with Crippen molar-refractivity contribution in [2.45, 2.75) is 43.3 Å². The van der Waals surface area contributed by atoms with Crippen LogP contribution in [-0.2, 0) is 27.4 Å². The van der Waals surface area contributed by atoms with Gasteiger partial charge in [-0.3, -0.25) is 4.79 Å². The second-order valence-electron chi connectivity index (χ2n) is 9.03.